The van der Waals surface area contributed by atoms with E-state index in [0.717, 1.165) is 39.1 Å². The van der Waals surface area contributed by atoms with Gasteiger partial charge in [-0.1, -0.05) is 18.7 Å². The molecule has 6 rings (SSSR count). The highest BCUT2D eigenvalue weighted by molar-refractivity contribution is 5.66. The van der Waals surface area contributed by atoms with E-state index in [1.807, 2.05) is 13.8 Å². The largest absolute Gasteiger partial charge is 0.504 e. The van der Waals surface area contributed by atoms with E-state index in [2.05, 4.69) is 35.6 Å². The minimum Gasteiger partial charge on any atom is -0.504 e. The van der Waals surface area contributed by atoms with Crippen LogP contribution in [0, 0.1) is 25.2 Å². The van der Waals surface area contributed by atoms with Gasteiger partial charge in [0.1, 0.15) is 18.4 Å². The topological polar surface area (TPSA) is 113 Å². The number of hydrogen-bond acceptors (Lipinski definition) is 9. The third-order valence-electron chi connectivity index (χ3n) is 8.83. The first-order chi connectivity index (χ1) is 18.4. The van der Waals surface area contributed by atoms with Gasteiger partial charge in [-0.15, -0.1) is 0 Å². The summed E-state index contributed by atoms with van der Waals surface area (Å²) < 4.78 is 23.8. The molecule has 38 heavy (non-hydrogen) atoms. The molecule has 0 amide bonds. The summed E-state index contributed by atoms with van der Waals surface area (Å²) >= 11 is 0. The molecule has 2 aromatic rings. The standard InChI is InChI=1S/C29H34N4O5/c1-6-7-36-27-15(3)28-29(38-13-37-28)23-17(27)10-19-24-22-16(8-14(2)26(35-5)25(22)34)9-18(32(24)4)20(11-30)33(19)21(23)12-31/h6,8,18-21,24,34H,1,7,9-10,12-13,31H2,2-5H3/t18-,19?,20?,21-,24+/m0/s1. The van der Waals surface area contributed by atoms with Gasteiger partial charge in [0.2, 0.25) is 6.79 Å². The summed E-state index contributed by atoms with van der Waals surface area (Å²) in [4.78, 5) is 4.52. The Balaban J connectivity index is 1.60. The fourth-order valence-corrected chi connectivity index (χ4v) is 7.40. The SMILES string of the molecule is C=CCOc1c(C)c2c(c3c1CC1[C@@H]4c5c(cc(C)c(OC)c5O)C[C@@H](C(C#N)N1[C@H]3CN)N4C)OCO2. The Morgan fingerprint density at radius 2 is 1.97 bits per heavy atom. The van der Waals surface area contributed by atoms with Crippen molar-refractivity contribution in [2.45, 2.75) is 56.9 Å². The van der Waals surface area contributed by atoms with E-state index in [-0.39, 0.29) is 36.7 Å². The number of ether oxygens (including phenoxy) is 4. The highest BCUT2D eigenvalue weighted by Crippen LogP contribution is 2.58. The maximum atomic E-state index is 11.5. The molecule has 2 unspecified atom stereocenters. The van der Waals surface area contributed by atoms with Gasteiger partial charge in [0.05, 0.1) is 25.3 Å². The van der Waals surface area contributed by atoms with Crippen LogP contribution >= 0.6 is 0 Å². The first-order valence-corrected chi connectivity index (χ1v) is 13.0. The molecule has 1 fully saturated rings. The Labute approximate surface area is 222 Å². The molecule has 3 N–H and O–H groups in total. The lowest BCUT2D eigenvalue weighted by atomic mass is 9.71. The van der Waals surface area contributed by atoms with E-state index in [1.165, 1.54) is 0 Å². The van der Waals surface area contributed by atoms with E-state index in [0.29, 0.717) is 43.2 Å². The molecule has 9 nitrogen and oxygen atoms in total. The zero-order chi connectivity index (χ0) is 26.9. The molecule has 0 aliphatic carbocycles. The molecular weight excluding hydrogens is 484 g/mol. The smallest absolute Gasteiger partial charge is 0.231 e. The fourth-order valence-electron chi connectivity index (χ4n) is 7.40. The van der Waals surface area contributed by atoms with Crippen molar-refractivity contribution < 1.29 is 24.1 Å². The quantitative estimate of drug-likeness (QED) is 0.577. The number of fused-ring (bicyclic) bond motifs is 9. The molecule has 2 aromatic carbocycles. The maximum Gasteiger partial charge on any atom is 0.231 e. The highest BCUT2D eigenvalue weighted by Gasteiger charge is 2.56. The Kier molecular flexibility index (Phi) is 5.94. The third kappa shape index (κ3) is 3.20. The van der Waals surface area contributed by atoms with Gasteiger partial charge in [-0.05, 0) is 44.9 Å². The number of benzene rings is 2. The van der Waals surface area contributed by atoms with Crippen LogP contribution < -0.4 is 24.7 Å². The summed E-state index contributed by atoms with van der Waals surface area (Å²) in [5.74, 6) is 2.78. The second-order valence-electron chi connectivity index (χ2n) is 10.6. The number of aromatic hydroxyl groups is 1. The molecule has 200 valence electrons. The highest BCUT2D eigenvalue weighted by atomic mass is 16.7. The van der Waals surface area contributed by atoms with E-state index in [4.69, 9.17) is 24.7 Å². The second-order valence-corrected chi connectivity index (χ2v) is 10.6. The van der Waals surface area contributed by atoms with E-state index < -0.39 is 6.04 Å². The number of nitriles is 1. The Morgan fingerprint density at radius 3 is 2.66 bits per heavy atom. The number of methoxy groups -OCH3 is 1. The minimum atomic E-state index is -0.405. The predicted octanol–water partition coefficient (Wildman–Crippen LogP) is 3.04. The number of phenolic OH excluding ortho intramolecular Hbond substituents is 1. The monoisotopic (exact) mass is 518 g/mol. The van der Waals surface area contributed by atoms with Gasteiger partial charge in [-0.25, -0.2) is 0 Å². The number of likely N-dealkylation sites (N-methyl/N-ethyl adjacent to an activating group) is 1. The number of phenols is 1. The first kappa shape index (κ1) is 24.9. The molecule has 5 atom stereocenters. The van der Waals surface area contributed by atoms with Crippen LogP contribution in [-0.2, 0) is 12.8 Å². The molecule has 1 saturated heterocycles. The van der Waals surface area contributed by atoms with Gasteiger partial charge in [0, 0.05) is 40.9 Å². The van der Waals surface area contributed by atoms with Gasteiger partial charge in [0.25, 0.3) is 0 Å². The lowest BCUT2D eigenvalue weighted by Crippen LogP contribution is -2.68. The van der Waals surface area contributed by atoms with Crippen LogP contribution in [0.3, 0.4) is 0 Å². The molecule has 0 radical (unpaired) electrons. The number of nitrogens with zero attached hydrogens (tertiary/aromatic N) is 3. The number of piperazine rings is 1. The zero-order valence-corrected chi connectivity index (χ0v) is 22.3. The van der Waals surface area contributed by atoms with Crippen LogP contribution in [0.5, 0.6) is 28.7 Å². The first-order valence-electron chi connectivity index (χ1n) is 13.0. The molecule has 4 heterocycles. The van der Waals surface area contributed by atoms with Gasteiger partial charge >= 0.3 is 0 Å². The summed E-state index contributed by atoms with van der Waals surface area (Å²) in [5.41, 5.74) is 12.2. The number of hydrogen-bond donors (Lipinski definition) is 2. The van der Waals surface area contributed by atoms with E-state index >= 15 is 0 Å². The van der Waals surface area contributed by atoms with Crippen molar-refractivity contribution in [3.05, 3.63) is 52.1 Å². The summed E-state index contributed by atoms with van der Waals surface area (Å²) in [6, 6.07) is 3.64. The molecule has 0 saturated carbocycles. The van der Waals surface area contributed by atoms with Crippen LogP contribution in [0.15, 0.2) is 18.7 Å². The average molecular weight is 519 g/mol. The zero-order valence-electron chi connectivity index (χ0n) is 22.3. The molecular formula is C29H34N4O5. The van der Waals surface area contributed by atoms with Crippen LogP contribution in [0.25, 0.3) is 0 Å². The lowest BCUT2D eigenvalue weighted by Gasteiger charge is -2.60. The molecule has 9 heteroatoms. The normalized spacial score (nSPS) is 27.1. The molecule has 4 aliphatic rings. The van der Waals surface area contributed by atoms with Gasteiger partial charge in [-0.2, -0.15) is 5.26 Å². The van der Waals surface area contributed by atoms with Crippen molar-refractivity contribution in [1.29, 1.82) is 5.26 Å². The van der Waals surface area contributed by atoms with Crippen molar-refractivity contribution in [3.63, 3.8) is 0 Å². The number of aryl methyl sites for hydroxylation is 1. The van der Waals surface area contributed by atoms with Crippen molar-refractivity contribution in [2.24, 2.45) is 5.73 Å². The van der Waals surface area contributed by atoms with Crippen LogP contribution in [0.1, 0.15) is 45.5 Å². The van der Waals surface area contributed by atoms with Crippen molar-refractivity contribution >= 4 is 0 Å². The fraction of sp³-hybridized carbons (Fsp3) is 0.483. The van der Waals surface area contributed by atoms with Crippen LogP contribution in [-0.4, -0.2) is 67.1 Å². The third-order valence-corrected chi connectivity index (χ3v) is 8.83. The maximum absolute atomic E-state index is 11.5. The lowest BCUT2D eigenvalue weighted by molar-refractivity contribution is -0.0710. The average Bonchev–Trinajstić information content (AvgIpc) is 3.39. The summed E-state index contributed by atoms with van der Waals surface area (Å²) in [5, 5.41) is 22.0. The van der Waals surface area contributed by atoms with Crippen molar-refractivity contribution in [2.75, 3.05) is 34.1 Å². The van der Waals surface area contributed by atoms with Crippen molar-refractivity contribution in [1.82, 2.24) is 9.80 Å². The van der Waals surface area contributed by atoms with Gasteiger partial charge < -0.3 is 29.8 Å². The summed E-state index contributed by atoms with van der Waals surface area (Å²) in [6.45, 7) is 8.52. The molecule has 0 spiro atoms. The predicted molar refractivity (Wildman–Crippen MR) is 141 cm³/mol. The molecule has 4 aliphatic heterocycles. The van der Waals surface area contributed by atoms with Crippen LogP contribution in [0.4, 0.5) is 0 Å². The Hall–Kier alpha value is -3.45. The van der Waals surface area contributed by atoms with Gasteiger partial charge in [-0.3, -0.25) is 9.80 Å². The Bertz CT molecular complexity index is 1370. The Morgan fingerprint density at radius 1 is 1.21 bits per heavy atom. The number of nitrogens with two attached hydrogens (primary N) is 1. The summed E-state index contributed by atoms with van der Waals surface area (Å²) in [7, 11) is 3.64. The second kappa shape index (κ2) is 9.09. The minimum absolute atomic E-state index is 0.0660. The van der Waals surface area contributed by atoms with E-state index in [9.17, 15) is 10.4 Å². The number of rotatable bonds is 5. The van der Waals surface area contributed by atoms with Gasteiger partial charge in [0.15, 0.2) is 23.0 Å². The van der Waals surface area contributed by atoms with E-state index in [1.54, 1.807) is 13.2 Å². The molecule has 2 bridgehead atoms. The van der Waals surface area contributed by atoms with Crippen LogP contribution in [0.2, 0.25) is 0 Å². The molecule has 0 aromatic heterocycles. The van der Waals surface area contributed by atoms with Crippen molar-refractivity contribution in [3.8, 4) is 34.8 Å². The summed E-state index contributed by atoms with van der Waals surface area (Å²) in [6.07, 6.45) is 2.96.